The molecule has 0 bridgehead atoms. The molecule has 0 saturated carbocycles. The molecule has 4 rings (SSSR count). The molecule has 1 saturated heterocycles. The predicted octanol–water partition coefficient (Wildman–Crippen LogP) is 3.84. The minimum Gasteiger partial charge on any atom is -0.350 e. The van der Waals surface area contributed by atoms with Crippen molar-refractivity contribution >= 4 is 28.9 Å². The van der Waals surface area contributed by atoms with Crippen molar-refractivity contribution in [3.05, 3.63) is 46.1 Å². The summed E-state index contributed by atoms with van der Waals surface area (Å²) in [6, 6.07) is 6.54. The topological polar surface area (TPSA) is 122 Å². The van der Waals surface area contributed by atoms with Gasteiger partial charge in [0.05, 0.1) is 11.1 Å². The van der Waals surface area contributed by atoms with Gasteiger partial charge >= 0.3 is 0 Å². The molecule has 10 nitrogen and oxygen atoms in total. The molecular formula is C21H28N8O2. The molecule has 0 aliphatic carbocycles. The number of nitrogens with one attached hydrogen (secondary N) is 3. The van der Waals surface area contributed by atoms with Gasteiger partial charge in [-0.15, -0.1) is 0 Å². The van der Waals surface area contributed by atoms with E-state index in [2.05, 4.69) is 53.7 Å². The van der Waals surface area contributed by atoms with Crippen LogP contribution in [0.1, 0.15) is 52.0 Å². The molecule has 0 unspecified atom stereocenters. The maximum absolute atomic E-state index is 11.1. The van der Waals surface area contributed by atoms with E-state index in [0.29, 0.717) is 23.2 Å². The number of rotatable bonds is 6. The summed E-state index contributed by atoms with van der Waals surface area (Å²) in [5, 5.41) is 25.8. The van der Waals surface area contributed by atoms with E-state index in [4.69, 9.17) is 4.98 Å². The summed E-state index contributed by atoms with van der Waals surface area (Å²) >= 11 is 0. The molecule has 0 amide bonds. The summed E-state index contributed by atoms with van der Waals surface area (Å²) in [5.41, 5.74) is 2.42. The minimum atomic E-state index is -0.421. The lowest BCUT2D eigenvalue weighted by Gasteiger charge is -2.36. The quantitative estimate of drug-likeness (QED) is 0.403. The van der Waals surface area contributed by atoms with Crippen LogP contribution < -0.4 is 16.0 Å². The Morgan fingerprint density at radius 1 is 1.32 bits per heavy atom. The van der Waals surface area contributed by atoms with E-state index in [1.54, 1.807) is 22.8 Å². The average Bonchev–Trinajstić information content (AvgIpc) is 3.14. The van der Waals surface area contributed by atoms with Gasteiger partial charge in [0.25, 0.3) is 5.69 Å². The normalized spacial score (nSPS) is 18.3. The molecule has 164 valence electrons. The largest absolute Gasteiger partial charge is 0.350 e. The van der Waals surface area contributed by atoms with Crippen LogP contribution >= 0.6 is 0 Å². The van der Waals surface area contributed by atoms with Crippen molar-refractivity contribution in [2.45, 2.75) is 58.0 Å². The zero-order chi connectivity index (χ0) is 22.2. The molecule has 1 aliphatic heterocycles. The zero-order valence-corrected chi connectivity index (χ0v) is 18.2. The standard InChI is InChI=1S/C21H28N8O2/c1-13(2)17-12-23-28-18(17)26-19(24-15-8-9-21(3,4)22-11-15)27-20(28)25-14-6-5-7-16(10-14)29(30)31/h5-7,10,12-13,15,22H,8-9,11H2,1-4H3,(H2,24,25,26,27)/t15-/m0/s1. The SMILES string of the molecule is CC(C)c1cnn2c(Nc3cccc([N+](=O)[O-])c3)nc(N[C@H]3CCC(C)(C)NC3)nc12. The molecular weight excluding hydrogens is 396 g/mol. The van der Waals surface area contributed by atoms with Crippen molar-refractivity contribution in [3.8, 4) is 0 Å². The van der Waals surface area contributed by atoms with Gasteiger partial charge in [-0.05, 0) is 38.7 Å². The first kappa shape index (κ1) is 21.0. The van der Waals surface area contributed by atoms with Gasteiger partial charge in [-0.1, -0.05) is 19.9 Å². The van der Waals surface area contributed by atoms with Crippen LogP contribution in [0, 0.1) is 10.1 Å². The molecule has 31 heavy (non-hydrogen) atoms. The van der Waals surface area contributed by atoms with E-state index in [1.807, 2.05) is 0 Å². The lowest BCUT2D eigenvalue weighted by Crippen LogP contribution is -2.50. The fourth-order valence-corrected chi connectivity index (χ4v) is 3.70. The van der Waals surface area contributed by atoms with Crippen LogP contribution in [0.25, 0.3) is 5.65 Å². The number of benzene rings is 1. The highest BCUT2D eigenvalue weighted by molar-refractivity contribution is 5.62. The summed E-state index contributed by atoms with van der Waals surface area (Å²) in [7, 11) is 0. The number of anilines is 3. The lowest BCUT2D eigenvalue weighted by molar-refractivity contribution is -0.384. The number of hydrogen-bond donors (Lipinski definition) is 3. The van der Waals surface area contributed by atoms with E-state index < -0.39 is 4.92 Å². The number of nitro benzene ring substituents is 1. The van der Waals surface area contributed by atoms with Crippen molar-refractivity contribution < 1.29 is 4.92 Å². The van der Waals surface area contributed by atoms with Crippen LogP contribution in [-0.4, -0.2) is 42.6 Å². The summed E-state index contributed by atoms with van der Waals surface area (Å²) in [6.07, 6.45) is 3.86. The van der Waals surface area contributed by atoms with E-state index in [-0.39, 0.29) is 23.2 Å². The van der Waals surface area contributed by atoms with Crippen LogP contribution in [-0.2, 0) is 0 Å². The molecule has 1 aliphatic rings. The Hall–Kier alpha value is -3.27. The fraction of sp³-hybridized carbons (Fsp3) is 0.476. The summed E-state index contributed by atoms with van der Waals surface area (Å²) in [5.74, 6) is 1.20. The van der Waals surface area contributed by atoms with Crippen LogP contribution in [0.3, 0.4) is 0 Å². The molecule has 0 radical (unpaired) electrons. The smallest absolute Gasteiger partial charge is 0.271 e. The first-order valence-electron chi connectivity index (χ1n) is 10.5. The molecule has 3 heterocycles. The molecule has 3 N–H and O–H groups in total. The van der Waals surface area contributed by atoms with Gasteiger partial charge in [0.1, 0.15) is 0 Å². The van der Waals surface area contributed by atoms with Crippen molar-refractivity contribution in [3.63, 3.8) is 0 Å². The molecule has 3 aromatic rings. The summed E-state index contributed by atoms with van der Waals surface area (Å²) in [4.78, 5) is 20.1. The van der Waals surface area contributed by atoms with Gasteiger partial charge in [0.2, 0.25) is 11.9 Å². The number of aromatic nitrogens is 4. The Labute approximate surface area is 180 Å². The van der Waals surface area contributed by atoms with Gasteiger partial charge in [0.15, 0.2) is 5.65 Å². The molecule has 0 spiro atoms. The van der Waals surface area contributed by atoms with Crippen LogP contribution in [0.4, 0.5) is 23.3 Å². The highest BCUT2D eigenvalue weighted by atomic mass is 16.6. The second-order valence-corrected chi connectivity index (χ2v) is 8.94. The summed E-state index contributed by atoms with van der Waals surface area (Å²) < 4.78 is 1.64. The van der Waals surface area contributed by atoms with Gasteiger partial charge in [0, 0.05) is 41.5 Å². The lowest BCUT2D eigenvalue weighted by atomic mass is 9.91. The number of nitro groups is 1. The Kier molecular flexibility index (Phi) is 5.48. The Morgan fingerprint density at radius 3 is 2.81 bits per heavy atom. The van der Waals surface area contributed by atoms with E-state index in [0.717, 1.165) is 24.9 Å². The number of piperidine rings is 1. The Bertz CT molecular complexity index is 1100. The second kappa shape index (κ2) is 8.10. The van der Waals surface area contributed by atoms with Crippen molar-refractivity contribution in [1.82, 2.24) is 24.9 Å². The number of nitrogens with zero attached hydrogens (tertiary/aromatic N) is 5. The van der Waals surface area contributed by atoms with Gasteiger partial charge in [-0.2, -0.15) is 19.6 Å². The van der Waals surface area contributed by atoms with Gasteiger partial charge < -0.3 is 16.0 Å². The zero-order valence-electron chi connectivity index (χ0n) is 18.2. The van der Waals surface area contributed by atoms with Crippen LogP contribution in [0.2, 0.25) is 0 Å². The first-order chi connectivity index (χ1) is 14.7. The third-order valence-electron chi connectivity index (χ3n) is 5.61. The van der Waals surface area contributed by atoms with E-state index in [1.165, 1.54) is 12.1 Å². The average molecular weight is 425 g/mol. The van der Waals surface area contributed by atoms with Crippen molar-refractivity contribution in [1.29, 1.82) is 0 Å². The van der Waals surface area contributed by atoms with Crippen molar-refractivity contribution in [2.24, 2.45) is 0 Å². The highest BCUT2D eigenvalue weighted by Gasteiger charge is 2.27. The monoisotopic (exact) mass is 424 g/mol. The molecule has 1 aromatic carbocycles. The van der Waals surface area contributed by atoms with Crippen LogP contribution in [0.5, 0.6) is 0 Å². The third kappa shape index (κ3) is 4.58. The Morgan fingerprint density at radius 2 is 2.13 bits per heavy atom. The minimum absolute atomic E-state index is 0.00729. The van der Waals surface area contributed by atoms with E-state index in [9.17, 15) is 10.1 Å². The number of hydrogen-bond acceptors (Lipinski definition) is 8. The van der Waals surface area contributed by atoms with Gasteiger partial charge in [-0.3, -0.25) is 10.1 Å². The Balaban J connectivity index is 1.68. The predicted molar refractivity (Wildman–Crippen MR) is 120 cm³/mol. The molecule has 10 heteroatoms. The van der Waals surface area contributed by atoms with E-state index >= 15 is 0 Å². The van der Waals surface area contributed by atoms with Crippen LogP contribution in [0.15, 0.2) is 30.5 Å². The van der Waals surface area contributed by atoms with Crippen molar-refractivity contribution in [2.75, 3.05) is 17.2 Å². The first-order valence-corrected chi connectivity index (χ1v) is 10.5. The molecule has 1 fully saturated rings. The third-order valence-corrected chi connectivity index (χ3v) is 5.61. The molecule has 2 aromatic heterocycles. The maximum atomic E-state index is 11.1. The summed E-state index contributed by atoms with van der Waals surface area (Å²) in [6.45, 7) is 9.41. The van der Waals surface area contributed by atoms with Gasteiger partial charge in [-0.25, -0.2) is 0 Å². The number of fused-ring (bicyclic) bond motifs is 1. The highest BCUT2D eigenvalue weighted by Crippen LogP contribution is 2.26. The second-order valence-electron chi connectivity index (χ2n) is 8.94. The fourth-order valence-electron chi connectivity index (χ4n) is 3.70. The number of non-ortho nitro benzene ring substituents is 1. The maximum Gasteiger partial charge on any atom is 0.271 e. The molecule has 1 atom stereocenters.